The topological polar surface area (TPSA) is 78.6 Å². The lowest BCUT2D eigenvalue weighted by atomic mass is 9.95. The normalized spacial score (nSPS) is 22.6. The van der Waals surface area contributed by atoms with Crippen molar-refractivity contribution in [3.63, 3.8) is 0 Å². The third-order valence-corrected chi connectivity index (χ3v) is 4.09. The summed E-state index contributed by atoms with van der Waals surface area (Å²) in [6, 6.07) is 11.8. The van der Waals surface area contributed by atoms with Crippen molar-refractivity contribution in [1.82, 2.24) is 14.7 Å². The van der Waals surface area contributed by atoms with Gasteiger partial charge in [-0.05, 0) is 24.6 Å². The predicted molar refractivity (Wildman–Crippen MR) is 80.6 cm³/mol. The Morgan fingerprint density at radius 1 is 1.27 bits per heavy atom. The second kappa shape index (κ2) is 6.29. The molecule has 0 bridgehead atoms. The maximum Gasteiger partial charge on any atom is 0.310 e. The highest BCUT2D eigenvalue weighted by molar-refractivity contribution is 5.71. The lowest BCUT2D eigenvalue weighted by Crippen LogP contribution is -2.46. The van der Waals surface area contributed by atoms with Gasteiger partial charge < -0.3 is 10.2 Å². The fourth-order valence-electron chi connectivity index (χ4n) is 2.87. The van der Waals surface area contributed by atoms with Crippen LogP contribution in [-0.2, 0) is 11.3 Å². The zero-order chi connectivity index (χ0) is 15.5. The molecule has 0 aliphatic carbocycles. The number of aliphatic hydroxyl groups excluding tert-OH is 1. The van der Waals surface area contributed by atoms with Gasteiger partial charge >= 0.3 is 5.97 Å². The van der Waals surface area contributed by atoms with E-state index in [0.717, 1.165) is 11.4 Å². The molecule has 0 amide bonds. The standard InChI is InChI=1S/C16H19N3O3/c20-15-7-9-18(11-14(15)16(21)22)10-13-6-8-17-19(13)12-4-2-1-3-5-12/h1-6,8,14-15,20H,7,9-11H2,(H,21,22)/t14-,15+/m1/s1. The summed E-state index contributed by atoms with van der Waals surface area (Å²) in [5.74, 6) is -1.66. The van der Waals surface area contributed by atoms with Crippen molar-refractivity contribution >= 4 is 5.97 Å². The first kappa shape index (κ1) is 14.7. The number of carboxylic acid groups (broad SMARTS) is 1. The Morgan fingerprint density at radius 3 is 2.77 bits per heavy atom. The van der Waals surface area contributed by atoms with Crippen molar-refractivity contribution in [3.05, 3.63) is 48.3 Å². The zero-order valence-corrected chi connectivity index (χ0v) is 12.2. The van der Waals surface area contributed by atoms with Gasteiger partial charge in [0.15, 0.2) is 0 Å². The molecule has 1 aliphatic heterocycles. The number of aliphatic carboxylic acids is 1. The number of aromatic nitrogens is 2. The molecule has 22 heavy (non-hydrogen) atoms. The molecule has 0 unspecified atom stereocenters. The average Bonchev–Trinajstić information content (AvgIpc) is 2.98. The van der Waals surface area contributed by atoms with Gasteiger partial charge in [-0.25, -0.2) is 4.68 Å². The Kier molecular flexibility index (Phi) is 4.22. The summed E-state index contributed by atoms with van der Waals surface area (Å²) in [6.07, 6.45) is 1.47. The Morgan fingerprint density at radius 2 is 2.05 bits per heavy atom. The first-order valence-corrected chi connectivity index (χ1v) is 7.36. The van der Waals surface area contributed by atoms with E-state index in [0.29, 0.717) is 26.1 Å². The molecule has 0 saturated carbocycles. The summed E-state index contributed by atoms with van der Waals surface area (Å²) >= 11 is 0. The summed E-state index contributed by atoms with van der Waals surface area (Å²) in [5, 5.41) is 23.3. The van der Waals surface area contributed by atoms with Gasteiger partial charge in [0, 0.05) is 25.8 Å². The molecule has 1 saturated heterocycles. The number of likely N-dealkylation sites (tertiary alicyclic amines) is 1. The average molecular weight is 301 g/mol. The summed E-state index contributed by atoms with van der Waals surface area (Å²) in [7, 11) is 0. The molecular weight excluding hydrogens is 282 g/mol. The van der Waals surface area contributed by atoms with Crippen molar-refractivity contribution in [1.29, 1.82) is 0 Å². The second-order valence-corrected chi connectivity index (χ2v) is 5.61. The van der Waals surface area contributed by atoms with Crippen LogP contribution in [-0.4, -0.2) is 50.1 Å². The van der Waals surface area contributed by atoms with Crippen LogP contribution in [0.3, 0.4) is 0 Å². The third kappa shape index (κ3) is 3.03. The lowest BCUT2D eigenvalue weighted by molar-refractivity contribution is -0.149. The van der Waals surface area contributed by atoms with Gasteiger partial charge in [-0.15, -0.1) is 0 Å². The van der Waals surface area contributed by atoms with E-state index in [9.17, 15) is 15.0 Å². The molecule has 3 rings (SSSR count). The molecule has 0 radical (unpaired) electrons. The largest absolute Gasteiger partial charge is 0.481 e. The monoisotopic (exact) mass is 301 g/mol. The number of para-hydroxylation sites is 1. The van der Waals surface area contributed by atoms with Crippen LogP contribution in [0.4, 0.5) is 0 Å². The number of nitrogens with zero attached hydrogens (tertiary/aromatic N) is 3. The fraction of sp³-hybridized carbons (Fsp3) is 0.375. The van der Waals surface area contributed by atoms with E-state index in [4.69, 9.17) is 0 Å². The minimum absolute atomic E-state index is 0.358. The molecule has 1 fully saturated rings. The number of hydrogen-bond donors (Lipinski definition) is 2. The molecule has 6 nitrogen and oxygen atoms in total. The summed E-state index contributed by atoms with van der Waals surface area (Å²) in [5.41, 5.74) is 1.99. The summed E-state index contributed by atoms with van der Waals surface area (Å²) in [4.78, 5) is 13.3. The molecule has 116 valence electrons. The SMILES string of the molecule is O=C(O)[C@@H]1CN(Cc2ccnn2-c2ccccc2)CC[C@@H]1O. The Balaban J connectivity index is 1.75. The Labute approximate surface area is 128 Å². The maximum atomic E-state index is 11.2. The highest BCUT2D eigenvalue weighted by Gasteiger charge is 2.33. The van der Waals surface area contributed by atoms with Crippen molar-refractivity contribution in [2.75, 3.05) is 13.1 Å². The molecule has 0 spiro atoms. The molecule has 2 N–H and O–H groups in total. The van der Waals surface area contributed by atoms with Crippen LogP contribution < -0.4 is 0 Å². The van der Waals surface area contributed by atoms with Crippen LogP contribution in [0, 0.1) is 5.92 Å². The first-order valence-electron chi connectivity index (χ1n) is 7.36. The Hall–Kier alpha value is -2.18. The summed E-state index contributed by atoms with van der Waals surface area (Å²) < 4.78 is 1.86. The predicted octanol–water partition coefficient (Wildman–Crippen LogP) is 1.14. The fourth-order valence-corrected chi connectivity index (χ4v) is 2.87. The van der Waals surface area contributed by atoms with Crippen LogP contribution in [0.15, 0.2) is 42.6 Å². The number of carboxylic acids is 1. The smallest absolute Gasteiger partial charge is 0.310 e. The van der Waals surface area contributed by atoms with Gasteiger partial charge in [-0.1, -0.05) is 18.2 Å². The molecule has 1 aromatic heterocycles. The van der Waals surface area contributed by atoms with Gasteiger partial charge in [0.05, 0.1) is 23.4 Å². The number of carbonyl (C=O) groups is 1. The second-order valence-electron chi connectivity index (χ2n) is 5.61. The number of rotatable bonds is 4. The van der Waals surface area contributed by atoms with E-state index in [1.807, 2.05) is 41.1 Å². The third-order valence-electron chi connectivity index (χ3n) is 4.09. The lowest BCUT2D eigenvalue weighted by Gasteiger charge is -2.33. The van der Waals surface area contributed by atoms with Crippen LogP contribution in [0.1, 0.15) is 12.1 Å². The molecule has 6 heteroatoms. The Bertz CT molecular complexity index is 641. The van der Waals surface area contributed by atoms with Gasteiger partial charge in [0.25, 0.3) is 0 Å². The number of piperidine rings is 1. The molecule has 2 aromatic rings. The van der Waals surface area contributed by atoms with Crippen LogP contribution in [0.25, 0.3) is 5.69 Å². The summed E-state index contributed by atoms with van der Waals surface area (Å²) in [6.45, 7) is 1.66. The molecule has 2 atom stereocenters. The first-order chi connectivity index (χ1) is 10.6. The molecule has 1 aliphatic rings. The van der Waals surface area contributed by atoms with E-state index >= 15 is 0 Å². The van der Waals surface area contributed by atoms with E-state index in [-0.39, 0.29) is 0 Å². The molecule has 1 aromatic carbocycles. The zero-order valence-electron chi connectivity index (χ0n) is 12.2. The highest BCUT2D eigenvalue weighted by Crippen LogP contribution is 2.20. The number of aliphatic hydroxyl groups is 1. The van der Waals surface area contributed by atoms with Crippen molar-refractivity contribution in [2.45, 2.75) is 19.1 Å². The van der Waals surface area contributed by atoms with Crippen LogP contribution in [0.5, 0.6) is 0 Å². The van der Waals surface area contributed by atoms with Gasteiger partial charge in [0.1, 0.15) is 0 Å². The van der Waals surface area contributed by atoms with Gasteiger partial charge in [0.2, 0.25) is 0 Å². The van der Waals surface area contributed by atoms with Crippen molar-refractivity contribution in [3.8, 4) is 5.69 Å². The quantitative estimate of drug-likeness (QED) is 0.885. The minimum atomic E-state index is -0.936. The van der Waals surface area contributed by atoms with E-state index in [1.165, 1.54) is 0 Å². The number of hydrogen-bond acceptors (Lipinski definition) is 4. The van der Waals surface area contributed by atoms with Gasteiger partial charge in [-0.2, -0.15) is 5.10 Å². The van der Waals surface area contributed by atoms with Gasteiger partial charge in [-0.3, -0.25) is 9.69 Å². The van der Waals surface area contributed by atoms with E-state index < -0.39 is 18.0 Å². The van der Waals surface area contributed by atoms with Crippen LogP contribution >= 0.6 is 0 Å². The molecule has 2 heterocycles. The highest BCUT2D eigenvalue weighted by atomic mass is 16.4. The van der Waals surface area contributed by atoms with Crippen molar-refractivity contribution < 1.29 is 15.0 Å². The van der Waals surface area contributed by atoms with Crippen molar-refractivity contribution in [2.24, 2.45) is 5.92 Å². The van der Waals surface area contributed by atoms with Crippen LogP contribution in [0.2, 0.25) is 0 Å². The van der Waals surface area contributed by atoms with E-state index in [2.05, 4.69) is 10.00 Å². The number of benzene rings is 1. The minimum Gasteiger partial charge on any atom is -0.481 e. The molecular formula is C16H19N3O3. The maximum absolute atomic E-state index is 11.2. The van der Waals surface area contributed by atoms with E-state index in [1.54, 1.807) is 6.20 Å².